The maximum absolute atomic E-state index is 6.35. The first kappa shape index (κ1) is 16.0. The van der Waals surface area contributed by atoms with E-state index < -0.39 is 0 Å². The first-order chi connectivity index (χ1) is 10.2. The molecule has 2 N–H and O–H groups in total. The zero-order valence-electron chi connectivity index (χ0n) is 12.5. The van der Waals surface area contributed by atoms with Crippen LogP contribution in [0.25, 0.3) is 0 Å². The molecule has 1 unspecified atom stereocenters. The van der Waals surface area contributed by atoms with Gasteiger partial charge in [-0.25, -0.2) is 0 Å². The summed E-state index contributed by atoms with van der Waals surface area (Å²) in [7, 11) is 0. The summed E-state index contributed by atoms with van der Waals surface area (Å²) < 4.78 is 0. The molecule has 3 heteroatoms. The van der Waals surface area contributed by atoms with Crippen LogP contribution >= 0.6 is 11.6 Å². The number of rotatable bonds is 7. The van der Waals surface area contributed by atoms with Gasteiger partial charge in [-0.15, -0.1) is 0 Å². The molecule has 1 atom stereocenters. The van der Waals surface area contributed by atoms with Gasteiger partial charge in [0.05, 0.1) is 0 Å². The Hall–Kier alpha value is -1.35. The van der Waals surface area contributed by atoms with Crippen LogP contribution in [0, 0.1) is 0 Å². The number of benzene rings is 2. The zero-order valence-corrected chi connectivity index (χ0v) is 13.3. The monoisotopic (exact) mass is 302 g/mol. The smallest absolute Gasteiger partial charge is 0.0453 e. The van der Waals surface area contributed by atoms with Crippen LogP contribution < -0.4 is 5.73 Å². The van der Waals surface area contributed by atoms with Crippen molar-refractivity contribution in [2.45, 2.75) is 25.9 Å². The molecule has 0 saturated heterocycles. The molecule has 0 radical (unpaired) electrons. The highest BCUT2D eigenvalue weighted by molar-refractivity contribution is 6.31. The van der Waals surface area contributed by atoms with Crippen molar-refractivity contribution in [3.05, 3.63) is 70.7 Å². The highest BCUT2D eigenvalue weighted by Crippen LogP contribution is 2.28. The van der Waals surface area contributed by atoms with Gasteiger partial charge in [0.2, 0.25) is 0 Å². The Morgan fingerprint density at radius 2 is 1.71 bits per heavy atom. The van der Waals surface area contributed by atoms with E-state index in [1.165, 1.54) is 11.1 Å². The minimum absolute atomic E-state index is 0.269. The largest absolute Gasteiger partial charge is 0.330 e. The minimum atomic E-state index is 0.269. The Bertz CT molecular complexity index is 542. The van der Waals surface area contributed by atoms with Crippen LogP contribution in [0.15, 0.2) is 54.6 Å². The lowest BCUT2D eigenvalue weighted by atomic mass is 10.1. The van der Waals surface area contributed by atoms with Crippen molar-refractivity contribution in [3.63, 3.8) is 0 Å². The average molecular weight is 303 g/mol. The lowest BCUT2D eigenvalue weighted by Crippen LogP contribution is -2.29. The standard InChI is InChI=1S/C18H23ClN2/c1-15(17-10-5-6-11-18(17)19)21(13-7-12-20)14-16-8-3-2-4-9-16/h2-6,8-11,15H,7,12-14,20H2,1H3. The summed E-state index contributed by atoms with van der Waals surface area (Å²) in [6.45, 7) is 4.80. The average Bonchev–Trinajstić information content (AvgIpc) is 2.52. The third kappa shape index (κ3) is 4.57. The summed E-state index contributed by atoms with van der Waals surface area (Å²) in [6.07, 6.45) is 0.988. The molecule has 0 amide bonds. The van der Waals surface area contributed by atoms with Crippen LogP contribution in [-0.2, 0) is 6.54 Å². The molecule has 0 fully saturated rings. The first-order valence-corrected chi connectivity index (χ1v) is 7.82. The van der Waals surface area contributed by atoms with E-state index in [1.807, 2.05) is 24.3 Å². The van der Waals surface area contributed by atoms with Gasteiger partial charge >= 0.3 is 0 Å². The van der Waals surface area contributed by atoms with Gasteiger partial charge in [-0.3, -0.25) is 4.90 Å². The number of hydrogen-bond acceptors (Lipinski definition) is 2. The third-order valence-corrected chi connectivity index (χ3v) is 4.13. The summed E-state index contributed by atoms with van der Waals surface area (Å²) in [6, 6.07) is 18.9. The second kappa shape index (κ2) is 8.18. The predicted octanol–water partition coefficient (Wildman–Crippen LogP) is 4.25. The van der Waals surface area contributed by atoms with Crippen molar-refractivity contribution in [1.29, 1.82) is 0 Å². The van der Waals surface area contributed by atoms with Crippen LogP contribution in [0.5, 0.6) is 0 Å². The Balaban J connectivity index is 2.17. The second-order valence-corrected chi connectivity index (χ2v) is 5.70. The number of nitrogens with two attached hydrogens (primary N) is 1. The Kier molecular flexibility index (Phi) is 6.24. The van der Waals surface area contributed by atoms with Crippen molar-refractivity contribution in [1.82, 2.24) is 4.90 Å². The van der Waals surface area contributed by atoms with Gasteiger partial charge in [0.15, 0.2) is 0 Å². The van der Waals surface area contributed by atoms with Crippen molar-refractivity contribution in [2.75, 3.05) is 13.1 Å². The molecule has 2 aromatic carbocycles. The number of hydrogen-bond donors (Lipinski definition) is 1. The fourth-order valence-corrected chi connectivity index (χ4v) is 2.83. The molecule has 0 bridgehead atoms. The van der Waals surface area contributed by atoms with Gasteiger partial charge in [0, 0.05) is 24.2 Å². The van der Waals surface area contributed by atoms with Gasteiger partial charge in [-0.1, -0.05) is 60.1 Å². The molecule has 0 aliphatic rings. The summed E-state index contributed by atoms with van der Waals surface area (Å²) in [5.41, 5.74) is 8.17. The van der Waals surface area contributed by atoms with Crippen molar-refractivity contribution in [2.24, 2.45) is 5.73 Å². The highest BCUT2D eigenvalue weighted by atomic mass is 35.5. The Morgan fingerprint density at radius 3 is 2.38 bits per heavy atom. The molecule has 0 spiro atoms. The molecular weight excluding hydrogens is 280 g/mol. The maximum Gasteiger partial charge on any atom is 0.0453 e. The van der Waals surface area contributed by atoms with Gasteiger partial charge < -0.3 is 5.73 Å². The molecular formula is C18H23ClN2. The molecule has 0 aromatic heterocycles. The predicted molar refractivity (Wildman–Crippen MR) is 90.4 cm³/mol. The van der Waals surface area contributed by atoms with Gasteiger partial charge in [-0.05, 0) is 37.1 Å². The molecule has 0 aliphatic carbocycles. The molecule has 2 rings (SSSR count). The fraction of sp³-hybridized carbons (Fsp3) is 0.333. The second-order valence-electron chi connectivity index (χ2n) is 5.30. The van der Waals surface area contributed by atoms with Crippen molar-refractivity contribution < 1.29 is 0 Å². The summed E-state index contributed by atoms with van der Waals surface area (Å²) in [4.78, 5) is 2.43. The molecule has 2 nitrogen and oxygen atoms in total. The quantitative estimate of drug-likeness (QED) is 0.828. The van der Waals surface area contributed by atoms with Crippen molar-refractivity contribution in [3.8, 4) is 0 Å². The van der Waals surface area contributed by atoms with Gasteiger partial charge in [0.1, 0.15) is 0 Å². The van der Waals surface area contributed by atoms with E-state index in [1.54, 1.807) is 0 Å². The van der Waals surface area contributed by atoms with E-state index in [0.29, 0.717) is 6.54 Å². The number of halogens is 1. The molecule has 0 saturated carbocycles. The zero-order chi connectivity index (χ0) is 15.1. The van der Waals surface area contributed by atoms with E-state index in [0.717, 1.165) is 24.5 Å². The summed E-state index contributed by atoms with van der Waals surface area (Å²) in [5, 5.41) is 0.829. The van der Waals surface area contributed by atoms with E-state index in [4.69, 9.17) is 17.3 Å². The molecule has 2 aromatic rings. The maximum atomic E-state index is 6.35. The topological polar surface area (TPSA) is 29.3 Å². The van der Waals surface area contributed by atoms with Crippen LogP contribution in [0.2, 0.25) is 5.02 Å². The molecule has 0 aliphatic heterocycles. The fourth-order valence-electron chi connectivity index (χ4n) is 2.53. The van der Waals surface area contributed by atoms with Crippen molar-refractivity contribution >= 4 is 11.6 Å². The Morgan fingerprint density at radius 1 is 1.05 bits per heavy atom. The molecule has 0 heterocycles. The first-order valence-electron chi connectivity index (χ1n) is 7.45. The molecule has 21 heavy (non-hydrogen) atoms. The van der Waals surface area contributed by atoms with Crippen LogP contribution in [0.3, 0.4) is 0 Å². The lowest BCUT2D eigenvalue weighted by Gasteiger charge is -2.30. The van der Waals surface area contributed by atoms with Crippen LogP contribution in [0.4, 0.5) is 0 Å². The molecule has 112 valence electrons. The summed E-state index contributed by atoms with van der Waals surface area (Å²) >= 11 is 6.35. The van der Waals surface area contributed by atoms with Crippen LogP contribution in [-0.4, -0.2) is 18.0 Å². The van der Waals surface area contributed by atoms with E-state index >= 15 is 0 Å². The Labute approximate surface area is 132 Å². The van der Waals surface area contributed by atoms with E-state index in [2.05, 4.69) is 42.2 Å². The highest BCUT2D eigenvalue weighted by Gasteiger charge is 2.17. The lowest BCUT2D eigenvalue weighted by molar-refractivity contribution is 0.200. The van der Waals surface area contributed by atoms with Gasteiger partial charge in [0.25, 0.3) is 0 Å². The SMILES string of the molecule is CC(c1ccccc1Cl)N(CCCN)Cc1ccccc1. The minimum Gasteiger partial charge on any atom is -0.330 e. The van der Waals surface area contributed by atoms with Gasteiger partial charge in [-0.2, -0.15) is 0 Å². The van der Waals surface area contributed by atoms with E-state index in [9.17, 15) is 0 Å². The normalized spacial score (nSPS) is 12.6. The van der Waals surface area contributed by atoms with E-state index in [-0.39, 0.29) is 6.04 Å². The third-order valence-electron chi connectivity index (χ3n) is 3.78. The summed E-state index contributed by atoms with van der Waals surface area (Å²) in [5.74, 6) is 0. The van der Waals surface area contributed by atoms with Crippen LogP contribution in [0.1, 0.15) is 30.5 Å². The number of nitrogens with zero attached hydrogens (tertiary/aromatic N) is 1.